The molecule has 0 saturated heterocycles. The van der Waals surface area contributed by atoms with E-state index in [9.17, 15) is 0 Å². The van der Waals surface area contributed by atoms with Gasteiger partial charge in [-0.1, -0.05) is 0 Å². The van der Waals surface area contributed by atoms with Gasteiger partial charge in [0.2, 0.25) is 0 Å². The number of rotatable bonds is 8. The van der Waals surface area contributed by atoms with Crippen LogP contribution in [0, 0.1) is 27.6 Å². The van der Waals surface area contributed by atoms with E-state index >= 15 is 0 Å². The fraction of sp³-hybridized carbons (Fsp3) is 0.328. The summed E-state index contributed by atoms with van der Waals surface area (Å²) in [6.07, 6.45) is 16.7. The Hall–Kier alpha value is -3.87. The predicted molar refractivity (Wildman–Crippen MR) is 277 cm³/mol. The molecule has 3 heteroatoms. The van der Waals surface area contributed by atoms with Gasteiger partial charge in [0, 0.05) is 0 Å². The molecule has 0 heterocycles. The van der Waals surface area contributed by atoms with Crippen molar-refractivity contribution in [3.05, 3.63) is 229 Å². The Morgan fingerprint density at radius 3 is 1.50 bits per heavy atom. The third-order valence-corrected chi connectivity index (χ3v) is 42.1. The number of benzene rings is 5. The molecule has 0 amide bonds. The summed E-state index contributed by atoms with van der Waals surface area (Å²) >= 11 is -5.75. The molecule has 330 valence electrons. The Labute approximate surface area is 398 Å². The Kier molecular flexibility index (Phi) is 11.8. The summed E-state index contributed by atoms with van der Waals surface area (Å²) in [4.78, 5) is 0. The fourth-order valence-electron chi connectivity index (χ4n) is 15.8. The standard InChI is InChI=1S/C29H37.2C13H11.C5H5.CH2.2ClH.Zr/c1-18-25-22-17-19-13-9-10-14-20(19)24(22)21-15-11-12-16-23(21)29(25,8)28(6,7)27(4,5)26(18,2)3;2*1-3-7-12(8-4-1)11-13-9-5-2-6-10-13;1-2-4-5-3-1;;;;/h9-11,13-15,23H,12,16-17H2,1-8H3;2*1-11H;1-3H,4H2;1H2;2*1H;. The summed E-state index contributed by atoms with van der Waals surface area (Å²) in [5, 5.41) is 0. The number of allylic oxidation sites excluding steroid dienone is 10. The molecule has 3 unspecified atom stereocenters. The maximum atomic E-state index is 6.62. The summed E-state index contributed by atoms with van der Waals surface area (Å²) < 4.78 is 7.92. The first-order chi connectivity index (χ1) is 29.7. The van der Waals surface area contributed by atoms with Gasteiger partial charge in [0.1, 0.15) is 0 Å². The first-order valence-electron chi connectivity index (χ1n) is 23.5. The van der Waals surface area contributed by atoms with Crippen molar-refractivity contribution in [3.8, 4) is 0 Å². The molecule has 0 nitrogen and oxygen atoms in total. The zero-order chi connectivity index (χ0) is 43.4. The third-order valence-electron chi connectivity index (χ3n) is 19.8. The number of hydrogen-bond acceptors (Lipinski definition) is 0. The van der Waals surface area contributed by atoms with Crippen LogP contribution in [0.1, 0.15) is 115 Å². The molecule has 5 aliphatic rings. The topological polar surface area (TPSA) is 0 Å². The van der Waals surface area contributed by atoms with Gasteiger partial charge in [0.25, 0.3) is 0 Å². The van der Waals surface area contributed by atoms with Crippen molar-refractivity contribution >= 4 is 34.6 Å². The molecule has 10 rings (SSSR count). The summed E-state index contributed by atoms with van der Waals surface area (Å²) in [6, 6.07) is 56.5. The quantitative estimate of drug-likeness (QED) is 0.145. The van der Waals surface area contributed by atoms with Crippen LogP contribution in [0.2, 0.25) is 3.12 Å². The normalized spacial score (nSPS) is 24.9. The summed E-state index contributed by atoms with van der Waals surface area (Å²) in [7, 11) is 0. The van der Waals surface area contributed by atoms with Gasteiger partial charge in [-0.2, -0.15) is 0 Å². The van der Waals surface area contributed by atoms with E-state index in [2.05, 4.69) is 231 Å². The van der Waals surface area contributed by atoms with Crippen LogP contribution in [0.5, 0.6) is 0 Å². The molecule has 64 heavy (non-hydrogen) atoms. The van der Waals surface area contributed by atoms with E-state index in [1.165, 1.54) is 33.4 Å². The zero-order valence-electron chi connectivity index (χ0n) is 39.3. The van der Waals surface area contributed by atoms with Crippen molar-refractivity contribution in [3.63, 3.8) is 0 Å². The van der Waals surface area contributed by atoms with Crippen molar-refractivity contribution in [2.75, 3.05) is 0 Å². The fourth-order valence-corrected chi connectivity index (χ4v) is 41.7. The van der Waals surface area contributed by atoms with Crippen LogP contribution in [-0.4, -0.2) is 4.21 Å². The van der Waals surface area contributed by atoms with E-state index in [0.29, 0.717) is 5.92 Å². The van der Waals surface area contributed by atoms with E-state index in [-0.39, 0.29) is 53.7 Å². The van der Waals surface area contributed by atoms with Crippen molar-refractivity contribution in [2.24, 2.45) is 27.6 Å². The second-order valence-corrected chi connectivity index (χ2v) is 36.6. The molecule has 0 bridgehead atoms. The van der Waals surface area contributed by atoms with Gasteiger partial charge >= 0.3 is 376 Å². The van der Waals surface area contributed by atoms with Crippen molar-refractivity contribution in [1.29, 1.82) is 0 Å². The van der Waals surface area contributed by atoms with Crippen LogP contribution in [-0.2, 0) is 24.7 Å². The second-order valence-electron chi connectivity index (χ2n) is 21.7. The van der Waals surface area contributed by atoms with Gasteiger partial charge in [-0.15, -0.1) is 24.8 Å². The third kappa shape index (κ3) is 5.66. The number of halogens is 2. The zero-order valence-corrected chi connectivity index (χ0v) is 43.4. The van der Waals surface area contributed by atoms with Crippen molar-refractivity contribution in [1.82, 2.24) is 0 Å². The molecule has 1 fully saturated rings. The van der Waals surface area contributed by atoms with Crippen LogP contribution in [0.4, 0.5) is 0 Å². The number of fused-ring (bicyclic) bond motifs is 6. The van der Waals surface area contributed by atoms with Gasteiger partial charge in [-0.3, -0.25) is 0 Å². The minimum atomic E-state index is -5.75. The predicted octanol–water partition coefficient (Wildman–Crippen LogP) is 16.9. The molecule has 0 aromatic heterocycles. The SMILES string of the molecule is Cl.Cl.[CH2]=[Zr]([C]1=CC=CC1)([CH](c1ccccc1)c1ccccc1)([CH](c1ccccc1)c1ccccc1)[C]1(C)C2=C3Cc4ccccc4C3=C3C=CCCC3C2(C)C(C)(C)C(C)(C)C1(C)C. The monoisotopic (exact) mass is 960 g/mol. The summed E-state index contributed by atoms with van der Waals surface area (Å²) in [6.45, 7) is 21.8. The molecular formula is C61H68Cl2Zr. The van der Waals surface area contributed by atoms with Crippen LogP contribution in [0.3, 0.4) is 0 Å². The Morgan fingerprint density at radius 1 is 0.562 bits per heavy atom. The van der Waals surface area contributed by atoms with E-state index in [4.69, 9.17) is 4.21 Å². The molecule has 3 atom stereocenters. The van der Waals surface area contributed by atoms with Gasteiger partial charge in [0.15, 0.2) is 0 Å². The Morgan fingerprint density at radius 2 is 1.03 bits per heavy atom. The maximum absolute atomic E-state index is 6.62. The molecule has 0 aliphatic heterocycles. The van der Waals surface area contributed by atoms with Crippen LogP contribution < -0.4 is 0 Å². The minimum absolute atomic E-state index is 0. The first kappa shape index (κ1) is 46.7. The van der Waals surface area contributed by atoms with E-state index in [1.807, 2.05) is 0 Å². The molecular weight excluding hydrogens is 895 g/mol. The summed E-state index contributed by atoms with van der Waals surface area (Å²) in [5.41, 5.74) is 14.4. The average Bonchev–Trinajstić information content (AvgIpc) is 3.98. The average molecular weight is 963 g/mol. The number of hydrogen-bond donors (Lipinski definition) is 0. The van der Waals surface area contributed by atoms with E-state index < -0.39 is 21.4 Å². The summed E-state index contributed by atoms with van der Waals surface area (Å²) in [5.74, 6) is 0.374. The van der Waals surface area contributed by atoms with Crippen LogP contribution in [0.15, 0.2) is 196 Å². The van der Waals surface area contributed by atoms with Crippen molar-refractivity contribution in [2.45, 2.75) is 91.4 Å². The molecule has 0 N–H and O–H groups in total. The Balaban J connectivity index is 0.00000280. The van der Waals surface area contributed by atoms with Gasteiger partial charge in [0.05, 0.1) is 0 Å². The van der Waals surface area contributed by atoms with Gasteiger partial charge in [-0.25, -0.2) is 0 Å². The van der Waals surface area contributed by atoms with Gasteiger partial charge in [-0.05, 0) is 0 Å². The van der Waals surface area contributed by atoms with E-state index in [1.54, 1.807) is 25.6 Å². The Bertz CT molecular complexity index is 2630. The van der Waals surface area contributed by atoms with Crippen LogP contribution in [0.25, 0.3) is 5.57 Å². The molecule has 0 spiro atoms. The molecule has 5 aromatic rings. The molecule has 1 saturated carbocycles. The first-order valence-corrected chi connectivity index (χ1v) is 30.5. The van der Waals surface area contributed by atoms with Crippen LogP contribution >= 0.6 is 24.8 Å². The van der Waals surface area contributed by atoms with Gasteiger partial charge < -0.3 is 0 Å². The second kappa shape index (κ2) is 16.2. The molecule has 5 aromatic carbocycles. The molecule has 0 radical (unpaired) electrons. The molecule has 5 aliphatic carbocycles. The van der Waals surface area contributed by atoms with E-state index in [0.717, 1.165) is 25.7 Å². The van der Waals surface area contributed by atoms with Crippen molar-refractivity contribution < 1.29 is 18.3 Å².